The van der Waals surface area contributed by atoms with Crippen LogP contribution in [0.1, 0.15) is 28.4 Å². The van der Waals surface area contributed by atoms with Crippen LogP contribution in [-0.4, -0.2) is 39.3 Å². The highest BCUT2D eigenvalue weighted by Crippen LogP contribution is 2.26. The minimum Gasteiger partial charge on any atom is -0.350 e. The van der Waals surface area contributed by atoms with Gasteiger partial charge in [0.25, 0.3) is 5.91 Å². The summed E-state index contributed by atoms with van der Waals surface area (Å²) in [6, 6.07) is 12.4. The van der Waals surface area contributed by atoms with Crippen molar-refractivity contribution in [3.05, 3.63) is 77.7 Å². The molecule has 0 saturated heterocycles. The van der Waals surface area contributed by atoms with Gasteiger partial charge in [0.05, 0.1) is 11.9 Å². The fraction of sp³-hybridized carbons (Fsp3) is 0.240. The fourth-order valence-electron chi connectivity index (χ4n) is 3.69. The molecule has 2 aromatic carbocycles. The van der Waals surface area contributed by atoms with E-state index in [0.717, 1.165) is 22.5 Å². The molecule has 0 saturated carbocycles. The zero-order chi connectivity index (χ0) is 24.2. The number of fused-ring (bicyclic) bond motifs is 1. The van der Waals surface area contributed by atoms with E-state index < -0.39 is 6.43 Å². The second kappa shape index (κ2) is 9.96. The number of rotatable bonds is 8. The molecule has 0 aliphatic heterocycles. The van der Waals surface area contributed by atoms with Crippen molar-refractivity contribution in [2.24, 2.45) is 5.73 Å². The lowest BCUT2D eigenvalue weighted by molar-refractivity contribution is 0.0951. The maximum Gasteiger partial charge on any atom is 0.251 e. The first kappa shape index (κ1) is 23.3. The number of alkyl halides is 2. The molecule has 7 nitrogen and oxygen atoms in total. The van der Waals surface area contributed by atoms with E-state index in [9.17, 15) is 13.6 Å². The van der Waals surface area contributed by atoms with Gasteiger partial charge in [0.2, 0.25) is 6.43 Å². The predicted molar refractivity (Wildman–Crippen MR) is 129 cm³/mol. The van der Waals surface area contributed by atoms with Gasteiger partial charge in [-0.3, -0.25) is 9.20 Å². The maximum absolute atomic E-state index is 12.6. The number of carbonyl (C=O) groups is 1. The number of benzene rings is 2. The molecule has 176 valence electrons. The number of nitrogens with two attached hydrogens (primary N) is 1. The largest absolute Gasteiger partial charge is 0.350 e. The number of hydrogen-bond acceptors (Lipinski definition) is 5. The minimum absolute atomic E-state index is 0.119. The number of aryl methyl sites for hydroxylation is 1. The van der Waals surface area contributed by atoms with E-state index in [1.54, 1.807) is 36.8 Å². The monoisotopic (exact) mass is 464 g/mol. The van der Waals surface area contributed by atoms with Gasteiger partial charge in [-0.2, -0.15) is 0 Å². The Bertz CT molecular complexity index is 1300. The zero-order valence-corrected chi connectivity index (χ0v) is 18.9. The number of carbonyl (C=O) groups excluding carboxylic acids is 1. The van der Waals surface area contributed by atoms with Gasteiger partial charge in [-0.15, -0.1) is 0 Å². The van der Waals surface area contributed by atoms with Crippen LogP contribution in [0, 0.1) is 6.92 Å². The van der Waals surface area contributed by atoms with Crippen LogP contribution in [0.5, 0.6) is 0 Å². The quantitative estimate of drug-likeness (QED) is 0.361. The van der Waals surface area contributed by atoms with Crippen molar-refractivity contribution in [2.45, 2.75) is 32.7 Å². The molecule has 2 aromatic heterocycles. The molecule has 0 radical (unpaired) electrons. The second-order valence-electron chi connectivity index (χ2n) is 8.25. The lowest BCUT2D eigenvalue weighted by Gasteiger charge is -2.12. The Kier molecular flexibility index (Phi) is 6.83. The molecule has 1 amide bonds. The van der Waals surface area contributed by atoms with E-state index in [-0.39, 0.29) is 18.4 Å². The van der Waals surface area contributed by atoms with Crippen molar-refractivity contribution in [3.63, 3.8) is 0 Å². The van der Waals surface area contributed by atoms with Crippen molar-refractivity contribution >= 4 is 23.1 Å². The number of hydrogen-bond donors (Lipinski definition) is 3. The van der Waals surface area contributed by atoms with E-state index in [1.165, 1.54) is 0 Å². The Morgan fingerprint density at radius 1 is 1.15 bits per heavy atom. The van der Waals surface area contributed by atoms with Crippen LogP contribution in [0.3, 0.4) is 0 Å². The fourth-order valence-corrected chi connectivity index (χ4v) is 3.69. The van der Waals surface area contributed by atoms with Crippen molar-refractivity contribution in [1.29, 1.82) is 0 Å². The molecule has 2 heterocycles. The summed E-state index contributed by atoms with van der Waals surface area (Å²) in [7, 11) is 0. The van der Waals surface area contributed by atoms with E-state index in [0.29, 0.717) is 29.1 Å². The van der Waals surface area contributed by atoms with Crippen LogP contribution in [0.4, 0.5) is 20.3 Å². The van der Waals surface area contributed by atoms with Gasteiger partial charge < -0.3 is 16.4 Å². The first-order chi connectivity index (χ1) is 16.3. The highest BCUT2D eigenvalue weighted by molar-refractivity contribution is 5.96. The number of nitrogens with zero attached hydrogens (tertiary/aromatic N) is 3. The van der Waals surface area contributed by atoms with E-state index in [2.05, 4.69) is 20.6 Å². The topological polar surface area (TPSA) is 97.3 Å². The van der Waals surface area contributed by atoms with Crippen LogP contribution >= 0.6 is 0 Å². The number of amides is 1. The summed E-state index contributed by atoms with van der Waals surface area (Å²) in [5.74, 6) is 0.385. The van der Waals surface area contributed by atoms with Gasteiger partial charge in [0.15, 0.2) is 11.5 Å². The summed E-state index contributed by atoms with van der Waals surface area (Å²) in [4.78, 5) is 21.3. The van der Waals surface area contributed by atoms with Gasteiger partial charge >= 0.3 is 0 Å². The van der Waals surface area contributed by atoms with E-state index in [4.69, 9.17) is 5.73 Å². The number of halogens is 2. The molecular formula is C25H26F2N6O. The van der Waals surface area contributed by atoms with Gasteiger partial charge in [0.1, 0.15) is 0 Å². The molecule has 4 N–H and O–H groups in total. The number of imidazole rings is 1. The third-order valence-electron chi connectivity index (χ3n) is 5.39. The van der Waals surface area contributed by atoms with Crippen molar-refractivity contribution in [3.8, 4) is 11.3 Å². The average molecular weight is 465 g/mol. The summed E-state index contributed by atoms with van der Waals surface area (Å²) in [6.45, 7) is 4.10. The van der Waals surface area contributed by atoms with Crippen molar-refractivity contribution in [1.82, 2.24) is 19.7 Å². The number of nitrogens with one attached hydrogen (secondary N) is 2. The number of aromatic nitrogens is 3. The summed E-state index contributed by atoms with van der Waals surface area (Å²) in [5.41, 5.74) is 10.7. The van der Waals surface area contributed by atoms with Crippen LogP contribution in [0.15, 0.2) is 61.1 Å². The maximum atomic E-state index is 12.6. The van der Waals surface area contributed by atoms with Gasteiger partial charge in [-0.25, -0.2) is 18.7 Å². The van der Waals surface area contributed by atoms with Crippen LogP contribution in [0.2, 0.25) is 0 Å². The summed E-state index contributed by atoms with van der Waals surface area (Å²) in [6.07, 6.45) is 2.54. The normalized spacial score (nSPS) is 12.2. The Hall–Kier alpha value is -3.85. The summed E-state index contributed by atoms with van der Waals surface area (Å²) >= 11 is 0. The molecule has 1 atom stereocenters. The van der Waals surface area contributed by atoms with Crippen molar-refractivity contribution < 1.29 is 13.6 Å². The zero-order valence-electron chi connectivity index (χ0n) is 18.9. The minimum atomic E-state index is -2.37. The molecule has 9 heteroatoms. The Morgan fingerprint density at radius 3 is 2.59 bits per heavy atom. The van der Waals surface area contributed by atoms with Crippen molar-refractivity contribution in [2.75, 3.05) is 11.9 Å². The van der Waals surface area contributed by atoms with Crippen LogP contribution in [-0.2, 0) is 6.42 Å². The van der Waals surface area contributed by atoms with Gasteiger partial charge in [-0.05, 0) is 43.2 Å². The van der Waals surface area contributed by atoms with Crippen LogP contribution in [0.25, 0.3) is 16.9 Å². The molecule has 0 aliphatic rings. The van der Waals surface area contributed by atoms with E-state index in [1.807, 2.05) is 42.5 Å². The van der Waals surface area contributed by atoms with Crippen LogP contribution < -0.4 is 16.4 Å². The third-order valence-corrected chi connectivity index (χ3v) is 5.39. The molecule has 0 spiro atoms. The van der Waals surface area contributed by atoms with Gasteiger partial charge in [0, 0.05) is 48.2 Å². The smallest absolute Gasteiger partial charge is 0.251 e. The Morgan fingerprint density at radius 2 is 1.91 bits per heavy atom. The molecular weight excluding hydrogens is 438 g/mol. The highest BCUT2D eigenvalue weighted by atomic mass is 19.3. The molecule has 34 heavy (non-hydrogen) atoms. The lowest BCUT2D eigenvalue weighted by Crippen LogP contribution is -2.35. The molecule has 0 aliphatic carbocycles. The van der Waals surface area contributed by atoms with Gasteiger partial charge in [-0.1, -0.05) is 24.3 Å². The molecule has 4 aromatic rings. The first-order valence-electron chi connectivity index (χ1n) is 10.9. The first-order valence-corrected chi connectivity index (χ1v) is 10.9. The molecule has 4 rings (SSSR count). The predicted octanol–water partition coefficient (Wildman–Crippen LogP) is 4.33. The standard InChI is InChI=1S/C25H26F2N6O/c1-15-11-19(7-8-20(15)25(34)31-13-16(2)28)32-23-24-30-14-21(33(24)10-9-29-23)18-5-3-17(4-6-18)12-22(26)27/h3-11,14,16,22H,12-13,28H2,1-2H3,(H,29,32)(H,31,34). The highest BCUT2D eigenvalue weighted by Gasteiger charge is 2.13. The Labute approximate surface area is 196 Å². The number of anilines is 2. The molecule has 0 bridgehead atoms. The average Bonchev–Trinajstić information content (AvgIpc) is 3.23. The molecule has 1 unspecified atom stereocenters. The lowest BCUT2D eigenvalue weighted by atomic mass is 10.1. The third kappa shape index (κ3) is 5.20. The summed E-state index contributed by atoms with van der Waals surface area (Å²) in [5, 5.41) is 6.09. The molecule has 0 fully saturated rings. The van der Waals surface area contributed by atoms with E-state index >= 15 is 0 Å². The Balaban J connectivity index is 1.56. The SMILES string of the molecule is Cc1cc(Nc2nccn3c(-c4ccc(CC(F)F)cc4)cnc23)ccc1C(=O)NCC(C)N. The second-order valence-corrected chi connectivity index (χ2v) is 8.25. The summed E-state index contributed by atoms with van der Waals surface area (Å²) < 4.78 is 27.1.